The lowest BCUT2D eigenvalue weighted by Crippen LogP contribution is -2.30. The number of anilines is 1. The minimum absolute atomic E-state index is 0.247. The predicted octanol–water partition coefficient (Wildman–Crippen LogP) is 3.00. The van der Waals surface area contributed by atoms with Gasteiger partial charge in [0.15, 0.2) is 23.6 Å². The average Bonchev–Trinajstić information content (AvgIpc) is 2.62. The quantitative estimate of drug-likeness (QED) is 0.625. The lowest BCUT2D eigenvalue weighted by molar-refractivity contribution is -0.123. The molecule has 2 rings (SSSR count). The third kappa shape index (κ3) is 4.05. The fraction of sp³-hybridized carbons (Fsp3) is 0.176. The van der Waals surface area contributed by atoms with Gasteiger partial charge in [-0.05, 0) is 37.3 Å². The highest BCUT2D eigenvalue weighted by Crippen LogP contribution is 2.24. The molecule has 0 saturated heterocycles. The summed E-state index contributed by atoms with van der Waals surface area (Å²) in [5.41, 5.74) is -0.857. The number of methoxy groups -OCH3 is 1. The van der Waals surface area contributed by atoms with Crippen LogP contribution in [0.2, 0.25) is 0 Å². The molecule has 0 aromatic heterocycles. The lowest BCUT2D eigenvalue weighted by atomic mass is 10.2. The van der Waals surface area contributed by atoms with Gasteiger partial charge in [0.25, 0.3) is 5.91 Å². The first-order chi connectivity index (χ1) is 12.2. The standard InChI is InChI=1S/C17H14F3NO5/c1-8(16(23)21-12-5-4-11(18)14(19)15(12)20)26-17(24)10-7-9(25-2)3-6-13(10)22/h3-8,22H,1-2H3,(H,21,23)/t8-/m0/s1. The summed E-state index contributed by atoms with van der Waals surface area (Å²) in [5.74, 6) is -6.87. The second-order valence-corrected chi connectivity index (χ2v) is 5.14. The zero-order chi connectivity index (χ0) is 19.4. The summed E-state index contributed by atoms with van der Waals surface area (Å²) in [7, 11) is 1.36. The van der Waals surface area contributed by atoms with Crippen molar-refractivity contribution in [2.75, 3.05) is 12.4 Å². The van der Waals surface area contributed by atoms with E-state index in [1.165, 1.54) is 32.2 Å². The Hall–Kier alpha value is -3.23. The summed E-state index contributed by atoms with van der Waals surface area (Å²) in [6.07, 6.45) is -1.42. The van der Waals surface area contributed by atoms with Crippen molar-refractivity contribution in [3.8, 4) is 11.5 Å². The Morgan fingerprint density at radius 3 is 2.46 bits per heavy atom. The van der Waals surface area contributed by atoms with E-state index in [2.05, 4.69) is 0 Å². The number of aromatic hydroxyl groups is 1. The van der Waals surface area contributed by atoms with Crippen LogP contribution in [0.15, 0.2) is 30.3 Å². The normalized spacial score (nSPS) is 11.6. The van der Waals surface area contributed by atoms with Gasteiger partial charge in [0.1, 0.15) is 17.1 Å². The Morgan fingerprint density at radius 2 is 1.81 bits per heavy atom. The van der Waals surface area contributed by atoms with E-state index in [4.69, 9.17) is 9.47 Å². The van der Waals surface area contributed by atoms with Crippen LogP contribution in [0, 0.1) is 17.5 Å². The number of rotatable bonds is 5. The number of hydrogen-bond acceptors (Lipinski definition) is 5. The van der Waals surface area contributed by atoms with Crippen LogP contribution in [0.4, 0.5) is 18.9 Å². The summed E-state index contributed by atoms with van der Waals surface area (Å²) < 4.78 is 49.4. The van der Waals surface area contributed by atoms with Gasteiger partial charge in [-0.2, -0.15) is 0 Å². The summed E-state index contributed by atoms with van der Waals surface area (Å²) >= 11 is 0. The third-order valence-electron chi connectivity index (χ3n) is 3.37. The molecule has 0 unspecified atom stereocenters. The average molecular weight is 369 g/mol. The molecule has 0 heterocycles. The molecule has 0 aliphatic rings. The van der Waals surface area contributed by atoms with Gasteiger partial charge >= 0.3 is 5.97 Å². The van der Waals surface area contributed by atoms with Gasteiger partial charge in [0, 0.05) is 0 Å². The third-order valence-corrected chi connectivity index (χ3v) is 3.37. The van der Waals surface area contributed by atoms with Crippen molar-refractivity contribution in [1.82, 2.24) is 0 Å². The zero-order valence-corrected chi connectivity index (χ0v) is 13.7. The molecule has 0 bridgehead atoms. The van der Waals surface area contributed by atoms with Gasteiger partial charge in [0.05, 0.1) is 12.8 Å². The van der Waals surface area contributed by atoms with Crippen LogP contribution in [-0.2, 0) is 9.53 Å². The topological polar surface area (TPSA) is 84.9 Å². The van der Waals surface area contributed by atoms with Gasteiger partial charge < -0.3 is 19.9 Å². The van der Waals surface area contributed by atoms with Crippen molar-refractivity contribution in [3.05, 3.63) is 53.3 Å². The van der Waals surface area contributed by atoms with E-state index in [1.54, 1.807) is 0 Å². The number of phenolic OH excluding ortho intramolecular Hbond substituents is 1. The maximum absolute atomic E-state index is 13.6. The number of benzene rings is 2. The number of ether oxygens (including phenoxy) is 2. The molecule has 0 aliphatic heterocycles. The fourth-order valence-electron chi connectivity index (χ4n) is 1.94. The van der Waals surface area contributed by atoms with Crippen LogP contribution >= 0.6 is 0 Å². The first-order valence-corrected chi connectivity index (χ1v) is 7.27. The molecule has 0 aliphatic carbocycles. The van der Waals surface area contributed by atoms with Crippen molar-refractivity contribution >= 4 is 17.6 Å². The summed E-state index contributed by atoms with van der Waals surface area (Å²) in [5, 5.41) is 11.7. The van der Waals surface area contributed by atoms with Crippen molar-refractivity contribution in [2.24, 2.45) is 0 Å². The van der Waals surface area contributed by atoms with Gasteiger partial charge in [-0.1, -0.05) is 0 Å². The number of amides is 1. The molecule has 6 nitrogen and oxygen atoms in total. The Kier molecular flexibility index (Phi) is 5.71. The SMILES string of the molecule is COc1ccc(O)c(C(=O)O[C@@H](C)C(=O)Nc2ccc(F)c(F)c2F)c1. The number of carbonyl (C=O) groups is 2. The molecule has 2 N–H and O–H groups in total. The van der Waals surface area contributed by atoms with Crippen molar-refractivity contribution in [2.45, 2.75) is 13.0 Å². The van der Waals surface area contributed by atoms with E-state index in [-0.39, 0.29) is 11.3 Å². The molecule has 0 fully saturated rings. The molecule has 2 aromatic carbocycles. The van der Waals surface area contributed by atoms with Gasteiger partial charge in [0.2, 0.25) is 0 Å². The Morgan fingerprint density at radius 1 is 1.12 bits per heavy atom. The molecule has 0 spiro atoms. The monoisotopic (exact) mass is 369 g/mol. The highest BCUT2D eigenvalue weighted by Gasteiger charge is 2.23. The molecule has 2 aromatic rings. The fourth-order valence-corrected chi connectivity index (χ4v) is 1.94. The van der Waals surface area contributed by atoms with Crippen LogP contribution in [0.5, 0.6) is 11.5 Å². The maximum Gasteiger partial charge on any atom is 0.342 e. The maximum atomic E-state index is 13.6. The zero-order valence-electron chi connectivity index (χ0n) is 13.7. The molecule has 9 heteroatoms. The summed E-state index contributed by atoms with van der Waals surface area (Å²) in [6.45, 7) is 1.18. The molecular weight excluding hydrogens is 355 g/mol. The first-order valence-electron chi connectivity index (χ1n) is 7.27. The van der Waals surface area contributed by atoms with Crippen LogP contribution in [-0.4, -0.2) is 30.2 Å². The highest BCUT2D eigenvalue weighted by molar-refractivity contribution is 5.98. The van der Waals surface area contributed by atoms with Gasteiger partial charge in [-0.25, -0.2) is 18.0 Å². The van der Waals surface area contributed by atoms with E-state index in [0.717, 1.165) is 6.07 Å². The minimum atomic E-state index is -1.74. The van der Waals surface area contributed by atoms with Crippen molar-refractivity contribution in [3.63, 3.8) is 0 Å². The lowest BCUT2D eigenvalue weighted by Gasteiger charge is -2.15. The van der Waals surface area contributed by atoms with Crippen LogP contribution < -0.4 is 10.1 Å². The molecule has 0 saturated carbocycles. The second kappa shape index (κ2) is 7.77. The molecule has 1 amide bonds. The van der Waals surface area contributed by atoms with Crippen molar-refractivity contribution in [1.29, 1.82) is 0 Å². The van der Waals surface area contributed by atoms with E-state index in [1.807, 2.05) is 5.32 Å². The predicted molar refractivity (Wildman–Crippen MR) is 84.5 cm³/mol. The van der Waals surface area contributed by atoms with E-state index < -0.39 is 46.9 Å². The number of hydrogen-bond donors (Lipinski definition) is 2. The Balaban J connectivity index is 2.10. The number of halogens is 3. The molecule has 138 valence electrons. The first kappa shape index (κ1) is 19.1. The Bertz CT molecular complexity index is 857. The van der Waals surface area contributed by atoms with Crippen LogP contribution in [0.3, 0.4) is 0 Å². The van der Waals surface area contributed by atoms with E-state index in [0.29, 0.717) is 6.07 Å². The summed E-state index contributed by atoms with van der Waals surface area (Å²) in [6, 6.07) is 5.29. The molecule has 0 radical (unpaired) electrons. The summed E-state index contributed by atoms with van der Waals surface area (Å²) in [4.78, 5) is 24.0. The molecule has 26 heavy (non-hydrogen) atoms. The second-order valence-electron chi connectivity index (χ2n) is 5.14. The highest BCUT2D eigenvalue weighted by atomic mass is 19.2. The minimum Gasteiger partial charge on any atom is -0.507 e. The Labute approximate surface area is 146 Å². The largest absolute Gasteiger partial charge is 0.507 e. The van der Waals surface area contributed by atoms with Crippen molar-refractivity contribution < 1.29 is 37.3 Å². The number of phenols is 1. The smallest absolute Gasteiger partial charge is 0.342 e. The number of esters is 1. The number of nitrogens with one attached hydrogen (secondary N) is 1. The van der Waals surface area contributed by atoms with Crippen LogP contribution in [0.1, 0.15) is 17.3 Å². The van der Waals surface area contributed by atoms with Gasteiger partial charge in [-0.15, -0.1) is 0 Å². The van der Waals surface area contributed by atoms with E-state index in [9.17, 15) is 27.9 Å². The number of carbonyl (C=O) groups excluding carboxylic acids is 2. The van der Waals surface area contributed by atoms with Crippen LogP contribution in [0.25, 0.3) is 0 Å². The molecular formula is C17H14F3NO5. The van der Waals surface area contributed by atoms with E-state index >= 15 is 0 Å². The van der Waals surface area contributed by atoms with Gasteiger partial charge in [-0.3, -0.25) is 4.79 Å². The molecule has 1 atom stereocenters.